The Morgan fingerprint density at radius 1 is 0.340 bits per heavy atom. The molecule has 0 spiro atoms. The second kappa shape index (κ2) is 33.7. The van der Waals surface area contributed by atoms with E-state index in [0.29, 0.717) is 152 Å². The monoisotopic (exact) mass is 715 g/mol. The Bertz CT molecular complexity index is 937. The predicted octanol–water partition coefficient (Wildman–Crippen LogP) is 1.31. The summed E-state index contributed by atoms with van der Waals surface area (Å²) in [6, 6.07) is 10.1. The van der Waals surface area contributed by atoms with E-state index in [0.717, 1.165) is 10.5 Å². The van der Waals surface area contributed by atoms with Gasteiger partial charge >= 0.3 is 0 Å². The molecular formula is C35H57NO14. The summed E-state index contributed by atoms with van der Waals surface area (Å²) in [6.07, 6.45) is 2.51. The highest BCUT2D eigenvalue weighted by molar-refractivity contribution is 6.12. The largest absolute Gasteiger partial charge is 0.377 e. The first-order valence-electron chi connectivity index (χ1n) is 17.3. The van der Waals surface area contributed by atoms with Crippen molar-refractivity contribution in [2.75, 3.05) is 159 Å². The van der Waals surface area contributed by atoms with Crippen LogP contribution in [0.1, 0.15) is 5.56 Å². The lowest BCUT2D eigenvalue weighted by atomic mass is 10.2. The lowest BCUT2D eigenvalue weighted by Crippen LogP contribution is -2.33. The lowest BCUT2D eigenvalue weighted by molar-refractivity contribution is -0.137. The zero-order valence-corrected chi connectivity index (χ0v) is 29.4. The first-order chi connectivity index (χ1) is 24.8. The molecule has 1 aromatic rings. The van der Waals surface area contributed by atoms with Gasteiger partial charge < -0.3 is 56.8 Å². The number of carbonyl (C=O) groups is 2. The highest BCUT2D eigenvalue weighted by atomic mass is 16.6. The molecule has 15 nitrogen and oxygen atoms in total. The molecule has 0 unspecified atom stereocenters. The van der Waals surface area contributed by atoms with Gasteiger partial charge in [0.25, 0.3) is 11.8 Å². The van der Waals surface area contributed by atoms with Crippen LogP contribution in [0.3, 0.4) is 0 Å². The van der Waals surface area contributed by atoms with E-state index in [1.165, 1.54) is 12.2 Å². The standard InChI is InChI=1S/C35H57NO14/c37-34-6-7-35(38)36(34)8-9-39-10-11-40-12-13-41-14-15-42-16-17-43-18-19-44-20-21-45-22-23-46-24-25-47-26-27-48-28-29-49-30-31-50-32-33-4-2-1-3-5-33/h1-7H,8-32H2. The van der Waals surface area contributed by atoms with E-state index in [4.69, 9.17) is 56.8 Å². The van der Waals surface area contributed by atoms with E-state index in [9.17, 15) is 9.59 Å². The molecule has 286 valence electrons. The smallest absolute Gasteiger partial charge is 0.253 e. The molecule has 1 heterocycles. The fourth-order valence-corrected chi connectivity index (χ4v) is 3.99. The number of imide groups is 1. The third-order valence-electron chi connectivity index (χ3n) is 6.56. The van der Waals surface area contributed by atoms with E-state index in [-0.39, 0.29) is 25.0 Å². The fraction of sp³-hybridized carbons (Fsp3) is 0.714. The Morgan fingerprint density at radius 3 is 0.900 bits per heavy atom. The molecule has 2 rings (SSSR count). The number of ether oxygens (including phenoxy) is 12. The minimum Gasteiger partial charge on any atom is -0.377 e. The topological polar surface area (TPSA) is 148 Å². The fourth-order valence-electron chi connectivity index (χ4n) is 3.99. The number of benzene rings is 1. The third kappa shape index (κ3) is 26.4. The molecule has 0 bridgehead atoms. The number of hydrogen-bond donors (Lipinski definition) is 0. The maximum atomic E-state index is 11.4. The molecule has 0 saturated heterocycles. The lowest BCUT2D eigenvalue weighted by Gasteiger charge is -2.13. The van der Waals surface area contributed by atoms with Crippen molar-refractivity contribution in [3.05, 3.63) is 48.0 Å². The van der Waals surface area contributed by atoms with Crippen LogP contribution in [0.4, 0.5) is 0 Å². The normalized spacial score (nSPS) is 12.9. The highest BCUT2D eigenvalue weighted by Crippen LogP contribution is 2.02. The number of carbonyl (C=O) groups excluding carboxylic acids is 2. The molecule has 0 radical (unpaired) electrons. The number of hydrogen-bond acceptors (Lipinski definition) is 14. The molecule has 1 aliphatic heterocycles. The second-order valence-electron chi connectivity index (χ2n) is 10.4. The van der Waals surface area contributed by atoms with E-state index in [2.05, 4.69) is 0 Å². The maximum Gasteiger partial charge on any atom is 0.253 e. The first-order valence-corrected chi connectivity index (χ1v) is 17.3. The van der Waals surface area contributed by atoms with Crippen molar-refractivity contribution in [2.24, 2.45) is 0 Å². The molecule has 1 aromatic carbocycles. The van der Waals surface area contributed by atoms with Crippen molar-refractivity contribution in [3.8, 4) is 0 Å². The van der Waals surface area contributed by atoms with Crippen molar-refractivity contribution in [3.63, 3.8) is 0 Å². The quantitative estimate of drug-likeness (QED) is 0.0716. The third-order valence-corrected chi connectivity index (χ3v) is 6.56. The van der Waals surface area contributed by atoms with Gasteiger partial charge in [0.15, 0.2) is 0 Å². The van der Waals surface area contributed by atoms with Crippen LogP contribution in [-0.2, 0) is 73.0 Å². The molecule has 15 heteroatoms. The zero-order chi connectivity index (χ0) is 35.4. The van der Waals surface area contributed by atoms with Crippen LogP contribution in [0, 0.1) is 0 Å². The molecule has 0 aromatic heterocycles. The molecule has 0 saturated carbocycles. The van der Waals surface area contributed by atoms with Crippen molar-refractivity contribution in [1.29, 1.82) is 0 Å². The number of nitrogens with zero attached hydrogens (tertiary/aromatic N) is 1. The van der Waals surface area contributed by atoms with Crippen molar-refractivity contribution < 1.29 is 66.4 Å². The summed E-state index contributed by atoms with van der Waals surface area (Å²) < 4.78 is 65.6. The number of amides is 2. The van der Waals surface area contributed by atoms with Crippen molar-refractivity contribution in [1.82, 2.24) is 4.90 Å². The summed E-state index contributed by atoms with van der Waals surface area (Å²) >= 11 is 0. The van der Waals surface area contributed by atoms with Crippen molar-refractivity contribution in [2.45, 2.75) is 6.61 Å². The van der Waals surface area contributed by atoms with Gasteiger partial charge in [0.2, 0.25) is 0 Å². The Balaban J connectivity index is 1.13. The van der Waals surface area contributed by atoms with Gasteiger partial charge in [-0.25, -0.2) is 0 Å². The van der Waals surface area contributed by atoms with E-state index >= 15 is 0 Å². The summed E-state index contributed by atoms with van der Waals surface area (Å²) in [5.74, 6) is -0.614. The van der Waals surface area contributed by atoms with Gasteiger partial charge in [-0.2, -0.15) is 0 Å². The molecule has 0 fully saturated rings. The highest BCUT2D eigenvalue weighted by Gasteiger charge is 2.22. The van der Waals surface area contributed by atoms with Gasteiger partial charge in [0, 0.05) is 12.2 Å². The summed E-state index contributed by atoms with van der Waals surface area (Å²) in [5, 5.41) is 0. The Hall–Kier alpha value is -2.38. The molecule has 2 amide bonds. The molecule has 0 atom stereocenters. The minimum atomic E-state index is -0.307. The molecule has 0 N–H and O–H groups in total. The van der Waals surface area contributed by atoms with Gasteiger partial charge in [0.1, 0.15) is 0 Å². The summed E-state index contributed by atoms with van der Waals surface area (Å²) in [5.41, 5.74) is 1.15. The van der Waals surface area contributed by atoms with Crippen LogP contribution in [0.25, 0.3) is 0 Å². The van der Waals surface area contributed by atoms with Crippen LogP contribution in [0.15, 0.2) is 42.5 Å². The molecule has 50 heavy (non-hydrogen) atoms. The van der Waals surface area contributed by atoms with Gasteiger partial charge in [-0.15, -0.1) is 0 Å². The predicted molar refractivity (Wildman–Crippen MR) is 181 cm³/mol. The Kier molecular flexibility index (Phi) is 29.6. The second-order valence-corrected chi connectivity index (χ2v) is 10.4. The van der Waals surface area contributed by atoms with Crippen LogP contribution in [-0.4, -0.2) is 175 Å². The molecule has 0 aliphatic carbocycles. The van der Waals surface area contributed by atoms with Crippen LogP contribution < -0.4 is 0 Å². The van der Waals surface area contributed by atoms with Gasteiger partial charge in [-0.3, -0.25) is 14.5 Å². The van der Waals surface area contributed by atoms with E-state index in [1.807, 2.05) is 30.3 Å². The Labute approximate surface area is 296 Å². The minimum absolute atomic E-state index is 0.238. The number of rotatable bonds is 38. The summed E-state index contributed by atoms with van der Waals surface area (Å²) in [6.45, 7) is 11.8. The first kappa shape index (κ1) is 43.8. The summed E-state index contributed by atoms with van der Waals surface area (Å²) in [4.78, 5) is 24.0. The van der Waals surface area contributed by atoms with Gasteiger partial charge in [-0.1, -0.05) is 30.3 Å². The Morgan fingerprint density at radius 2 is 0.600 bits per heavy atom. The van der Waals surface area contributed by atoms with E-state index < -0.39 is 0 Å². The molecule has 1 aliphatic rings. The van der Waals surface area contributed by atoms with Gasteiger partial charge in [0.05, 0.1) is 165 Å². The average Bonchev–Trinajstić information content (AvgIpc) is 3.45. The van der Waals surface area contributed by atoms with Crippen molar-refractivity contribution >= 4 is 11.8 Å². The average molecular weight is 716 g/mol. The van der Waals surface area contributed by atoms with Crippen LogP contribution >= 0.6 is 0 Å². The van der Waals surface area contributed by atoms with E-state index in [1.54, 1.807) is 0 Å². The van der Waals surface area contributed by atoms with Crippen LogP contribution in [0.5, 0.6) is 0 Å². The zero-order valence-electron chi connectivity index (χ0n) is 29.4. The summed E-state index contributed by atoms with van der Waals surface area (Å²) in [7, 11) is 0. The SMILES string of the molecule is O=C1C=CC(=O)N1CCOCCOCCOCCOCCOCCOCCOCCOCCOCCOCCOCCOCc1ccccc1. The maximum absolute atomic E-state index is 11.4. The van der Waals surface area contributed by atoms with Crippen LogP contribution in [0.2, 0.25) is 0 Å². The van der Waals surface area contributed by atoms with Gasteiger partial charge in [-0.05, 0) is 5.56 Å². The molecular weight excluding hydrogens is 658 g/mol.